The Morgan fingerprint density at radius 3 is 2.77 bits per heavy atom. The topological polar surface area (TPSA) is 41.6 Å². The van der Waals surface area contributed by atoms with Crippen LogP contribution in [0.3, 0.4) is 0 Å². The highest BCUT2D eigenvalue weighted by Crippen LogP contribution is 2.25. The van der Waals surface area contributed by atoms with E-state index in [1.807, 2.05) is 24.3 Å². The van der Waals surface area contributed by atoms with E-state index < -0.39 is 0 Å². The van der Waals surface area contributed by atoms with E-state index in [2.05, 4.69) is 30.1 Å². The number of carbonyl (C=O) groups is 1. The largest absolute Gasteiger partial charge is 0.379 e. The van der Waals surface area contributed by atoms with Gasteiger partial charge >= 0.3 is 0 Å². The molecule has 1 amide bonds. The second-order valence-electron chi connectivity index (χ2n) is 6.24. The molecule has 0 spiro atoms. The molecule has 5 heteroatoms. The van der Waals surface area contributed by atoms with Gasteiger partial charge in [0.2, 0.25) is 0 Å². The van der Waals surface area contributed by atoms with E-state index in [1.165, 1.54) is 0 Å². The normalized spacial score (nSPS) is 16.8. The first-order valence-electron chi connectivity index (χ1n) is 7.66. The summed E-state index contributed by atoms with van der Waals surface area (Å²) in [5.74, 6) is 0.0162. The van der Waals surface area contributed by atoms with Crippen LogP contribution in [-0.2, 0) is 4.74 Å². The molecule has 0 bridgehead atoms. The van der Waals surface area contributed by atoms with Crippen LogP contribution in [0.5, 0.6) is 0 Å². The van der Waals surface area contributed by atoms with Gasteiger partial charge < -0.3 is 10.1 Å². The zero-order chi connectivity index (χ0) is 15.6. The molecule has 118 valence electrons. The number of thiophene rings is 1. The quantitative estimate of drug-likeness (QED) is 0.942. The first-order chi connectivity index (χ1) is 10.6. The molecule has 0 radical (unpaired) electrons. The third-order valence-electron chi connectivity index (χ3n) is 4.20. The van der Waals surface area contributed by atoms with Crippen LogP contribution >= 0.6 is 11.3 Å². The van der Waals surface area contributed by atoms with Gasteiger partial charge in [0, 0.05) is 29.9 Å². The van der Waals surface area contributed by atoms with E-state index in [0.29, 0.717) is 6.54 Å². The second kappa shape index (κ2) is 6.36. The molecule has 1 fully saturated rings. The van der Waals surface area contributed by atoms with E-state index in [0.717, 1.165) is 41.3 Å². The highest BCUT2D eigenvalue weighted by Gasteiger charge is 2.28. The van der Waals surface area contributed by atoms with Gasteiger partial charge in [-0.3, -0.25) is 9.69 Å². The van der Waals surface area contributed by atoms with Crippen LogP contribution < -0.4 is 5.32 Å². The predicted octanol–water partition coefficient (Wildman–Crippen LogP) is 2.74. The molecule has 1 aliphatic heterocycles. The maximum Gasteiger partial charge on any atom is 0.261 e. The van der Waals surface area contributed by atoms with Crippen molar-refractivity contribution < 1.29 is 9.53 Å². The van der Waals surface area contributed by atoms with Crippen molar-refractivity contribution >= 4 is 27.3 Å². The SMILES string of the molecule is CC(C)(CNC(=O)c1cc2ccccc2s1)N1CCOCC1. The summed E-state index contributed by atoms with van der Waals surface area (Å²) >= 11 is 1.55. The Morgan fingerprint density at radius 2 is 2.05 bits per heavy atom. The first-order valence-corrected chi connectivity index (χ1v) is 8.47. The van der Waals surface area contributed by atoms with E-state index in [9.17, 15) is 4.79 Å². The van der Waals surface area contributed by atoms with Gasteiger partial charge in [0.15, 0.2) is 0 Å². The average Bonchev–Trinajstić information content (AvgIpc) is 2.98. The van der Waals surface area contributed by atoms with Crippen LogP contribution in [0.4, 0.5) is 0 Å². The molecule has 4 nitrogen and oxygen atoms in total. The van der Waals surface area contributed by atoms with Gasteiger partial charge in [0.05, 0.1) is 18.1 Å². The van der Waals surface area contributed by atoms with Crippen LogP contribution in [0.25, 0.3) is 10.1 Å². The highest BCUT2D eigenvalue weighted by molar-refractivity contribution is 7.20. The lowest BCUT2D eigenvalue weighted by Gasteiger charge is -2.40. The maximum atomic E-state index is 12.4. The summed E-state index contributed by atoms with van der Waals surface area (Å²) in [5, 5.41) is 4.22. The summed E-state index contributed by atoms with van der Waals surface area (Å²) in [6.45, 7) is 8.37. The summed E-state index contributed by atoms with van der Waals surface area (Å²) in [5.41, 5.74) is -0.0594. The van der Waals surface area contributed by atoms with E-state index >= 15 is 0 Å². The van der Waals surface area contributed by atoms with Crippen molar-refractivity contribution in [1.82, 2.24) is 10.2 Å². The zero-order valence-corrected chi connectivity index (χ0v) is 13.9. The molecule has 0 aliphatic carbocycles. The number of rotatable bonds is 4. The van der Waals surface area contributed by atoms with Crippen molar-refractivity contribution in [2.45, 2.75) is 19.4 Å². The number of fused-ring (bicyclic) bond motifs is 1. The van der Waals surface area contributed by atoms with E-state index in [4.69, 9.17) is 4.74 Å². The van der Waals surface area contributed by atoms with Gasteiger partial charge in [-0.25, -0.2) is 0 Å². The summed E-state index contributed by atoms with van der Waals surface area (Å²) in [6, 6.07) is 10.1. The van der Waals surface area contributed by atoms with Crippen LogP contribution in [0, 0.1) is 0 Å². The molecule has 0 saturated carbocycles. The molecule has 22 heavy (non-hydrogen) atoms. The predicted molar refractivity (Wildman–Crippen MR) is 90.6 cm³/mol. The van der Waals surface area contributed by atoms with Crippen molar-refractivity contribution in [3.8, 4) is 0 Å². The number of benzene rings is 1. The van der Waals surface area contributed by atoms with Crippen LogP contribution in [0.2, 0.25) is 0 Å². The fourth-order valence-corrected chi connectivity index (χ4v) is 3.74. The standard InChI is InChI=1S/C17H22N2O2S/c1-17(2,19-7-9-21-10-8-19)12-18-16(20)15-11-13-5-3-4-6-14(13)22-15/h3-6,11H,7-10,12H2,1-2H3,(H,18,20). The minimum atomic E-state index is -0.0594. The molecule has 1 N–H and O–H groups in total. The number of nitrogens with one attached hydrogen (secondary N) is 1. The van der Waals surface area contributed by atoms with Crippen molar-refractivity contribution in [2.24, 2.45) is 0 Å². The molecule has 2 heterocycles. The fraction of sp³-hybridized carbons (Fsp3) is 0.471. The number of hydrogen-bond donors (Lipinski definition) is 1. The average molecular weight is 318 g/mol. The van der Waals surface area contributed by atoms with Gasteiger partial charge in [-0.2, -0.15) is 0 Å². The molecule has 1 aromatic heterocycles. The Bertz CT molecular complexity index is 626. The molecule has 1 aliphatic rings. The number of ether oxygens (including phenoxy) is 1. The number of carbonyl (C=O) groups excluding carboxylic acids is 1. The lowest BCUT2D eigenvalue weighted by Crippen LogP contribution is -2.55. The van der Waals surface area contributed by atoms with Crippen molar-refractivity contribution in [3.05, 3.63) is 35.2 Å². The molecule has 1 aromatic carbocycles. The molecule has 0 atom stereocenters. The summed E-state index contributed by atoms with van der Waals surface area (Å²) in [4.78, 5) is 15.6. The zero-order valence-electron chi connectivity index (χ0n) is 13.1. The Morgan fingerprint density at radius 1 is 1.32 bits per heavy atom. The van der Waals surface area contributed by atoms with E-state index in [1.54, 1.807) is 11.3 Å². The van der Waals surface area contributed by atoms with E-state index in [-0.39, 0.29) is 11.4 Å². The molecule has 1 saturated heterocycles. The van der Waals surface area contributed by atoms with Crippen LogP contribution in [0.15, 0.2) is 30.3 Å². The van der Waals surface area contributed by atoms with Gasteiger partial charge in [0.1, 0.15) is 0 Å². The van der Waals surface area contributed by atoms with Crippen LogP contribution in [0.1, 0.15) is 23.5 Å². The monoisotopic (exact) mass is 318 g/mol. The van der Waals surface area contributed by atoms with Gasteiger partial charge in [-0.1, -0.05) is 18.2 Å². The number of hydrogen-bond acceptors (Lipinski definition) is 4. The lowest BCUT2D eigenvalue weighted by molar-refractivity contribution is -0.00922. The highest BCUT2D eigenvalue weighted by atomic mass is 32.1. The molecule has 3 rings (SSSR count). The molecular weight excluding hydrogens is 296 g/mol. The van der Waals surface area contributed by atoms with Crippen molar-refractivity contribution in [2.75, 3.05) is 32.8 Å². The van der Waals surface area contributed by atoms with Crippen molar-refractivity contribution in [3.63, 3.8) is 0 Å². The smallest absolute Gasteiger partial charge is 0.261 e. The maximum absolute atomic E-state index is 12.4. The van der Waals surface area contributed by atoms with Gasteiger partial charge in [0.25, 0.3) is 5.91 Å². The Hall–Kier alpha value is -1.43. The Balaban J connectivity index is 1.63. The third kappa shape index (κ3) is 3.32. The number of nitrogens with zero attached hydrogens (tertiary/aromatic N) is 1. The lowest BCUT2D eigenvalue weighted by atomic mass is 10.0. The number of amides is 1. The Kier molecular flexibility index (Phi) is 4.47. The minimum Gasteiger partial charge on any atom is -0.379 e. The Labute approximate surface area is 135 Å². The summed E-state index contributed by atoms with van der Waals surface area (Å²) < 4.78 is 6.55. The van der Waals surface area contributed by atoms with Crippen LogP contribution in [-0.4, -0.2) is 49.2 Å². The molecule has 2 aromatic rings. The third-order valence-corrected chi connectivity index (χ3v) is 5.31. The summed E-state index contributed by atoms with van der Waals surface area (Å²) in [6.07, 6.45) is 0. The number of morpholine rings is 1. The minimum absolute atomic E-state index is 0.0162. The first kappa shape index (κ1) is 15.5. The second-order valence-corrected chi connectivity index (χ2v) is 7.33. The van der Waals surface area contributed by atoms with Gasteiger partial charge in [-0.15, -0.1) is 11.3 Å². The molecular formula is C17H22N2O2S. The summed E-state index contributed by atoms with van der Waals surface area (Å²) in [7, 11) is 0. The molecule has 0 unspecified atom stereocenters. The fourth-order valence-electron chi connectivity index (χ4n) is 2.76. The van der Waals surface area contributed by atoms with Gasteiger partial charge in [-0.05, 0) is 31.4 Å². The van der Waals surface area contributed by atoms with Crippen molar-refractivity contribution in [1.29, 1.82) is 0 Å².